The van der Waals surface area contributed by atoms with Gasteiger partial charge >= 0.3 is 0 Å². The summed E-state index contributed by atoms with van der Waals surface area (Å²) in [7, 11) is 6.34. The lowest BCUT2D eigenvalue weighted by Crippen LogP contribution is -2.21. The van der Waals surface area contributed by atoms with Crippen LogP contribution in [-0.4, -0.2) is 13.1 Å². The van der Waals surface area contributed by atoms with Crippen LogP contribution in [0.15, 0.2) is 45.6 Å². The summed E-state index contributed by atoms with van der Waals surface area (Å²) < 4.78 is 2.16. The van der Waals surface area contributed by atoms with E-state index in [1.165, 1.54) is 5.69 Å². The zero-order valence-electron chi connectivity index (χ0n) is 13.5. The average Bonchev–Trinajstić information content (AvgIpc) is 3.08. The highest BCUT2D eigenvalue weighted by molar-refractivity contribution is 8.29. The summed E-state index contributed by atoms with van der Waals surface area (Å²) in [6.07, 6.45) is 0. The van der Waals surface area contributed by atoms with Crippen LogP contribution in [0.2, 0.25) is 0 Å². The van der Waals surface area contributed by atoms with E-state index in [2.05, 4.69) is 48.4 Å². The van der Waals surface area contributed by atoms with Gasteiger partial charge < -0.3 is 10.6 Å². The first kappa shape index (κ1) is 15.9. The highest BCUT2D eigenvalue weighted by Crippen LogP contribution is 2.45. The minimum Gasteiger partial charge on any atom is -0.398 e. The molecule has 2 heterocycles. The third-order valence-corrected chi connectivity index (χ3v) is 7.73. The Morgan fingerprint density at radius 1 is 1.21 bits per heavy atom. The van der Waals surface area contributed by atoms with Crippen LogP contribution >= 0.6 is 31.7 Å². The zero-order valence-corrected chi connectivity index (χ0v) is 15.9. The molecule has 2 aromatic carbocycles. The summed E-state index contributed by atoms with van der Waals surface area (Å²) in [5, 5.41) is 4.11. The second-order valence-electron chi connectivity index (χ2n) is 5.67. The fourth-order valence-corrected chi connectivity index (χ4v) is 6.14. The quantitative estimate of drug-likeness (QED) is 0.496. The van der Waals surface area contributed by atoms with Crippen LogP contribution in [0.5, 0.6) is 0 Å². The molecule has 0 amide bonds. The Kier molecular flexibility index (Phi) is 4.03. The van der Waals surface area contributed by atoms with E-state index in [0.29, 0.717) is 0 Å². The Morgan fingerprint density at radius 2 is 2.00 bits per heavy atom. The summed E-state index contributed by atoms with van der Waals surface area (Å²) in [6, 6.07) is 10.5. The first-order valence-corrected chi connectivity index (χ1v) is 10.9. The molecule has 0 aliphatic carbocycles. The summed E-state index contributed by atoms with van der Waals surface area (Å²) in [6.45, 7) is 6.28. The van der Waals surface area contributed by atoms with Crippen molar-refractivity contribution < 1.29 is 0 Å². The first-order chi connectivity index (χ1) is 11.6. The van der Waals surface area contributed by atoms with E-state index in [1.807, 2.05) is 6.07 Å². The van der Waals surface area contributed by atoms with Gasteiger partial charge in [-0.05, 0) is 60.2 Å². The van der Waals surface area contributed by atoms with Gasteiger partial charge in [-0.15, -0.1) is 11.3 Å². The molecule has 124 valence electrons. The van der Waals surface area contributed by atoms with E-state index in [9.17, 15) is 0 Å². The smallest absolute Gasteiger partial charge is 0.0959 e. The average molecular weight is 376 g/mol. The summed E-state index contributed by atoms with van der Waals surface area (Å²) in [5.74, 6) is 0. The fourth-order valence-electron chi connectivity index (χ4n) is 3.12. The number of rotatable bonds is 3. The molecule has 0 bridgehead atoms. The van der Waals surface area contributed by atoms with Crippen LogP contribution in [0.1, 0.15) is 13.8 Å². The molecule has 6 heteroatoms. The number of nitrogen functional groups attached to an aromatic ring is 1. The van der Waals surface area contributed by atoms with Gasteiger partial charge in [-0.3, -0.25) is 0 Å². The largest absolute Gasteiger partial charge is 0.398 e. The molecule has 0 spiro atoms. The molecule has 2 N–H and O–H groups in total. The van der Waals surface area contributed by atoms with E-state index in [0.717, 1.165) is 49.3 Å². The molecule has 1 aliphatic heterocycles. The first-order valence-electron chi connectivity index (χ1n) is 7.95. The maximum absolute atomic E-state index is 6.88. The lowest BCUT2D eigenvalue weighted by Gasteiger charge is -2.23. The fraction of sp³-hybridized carbons (Fsp3) is 0.222. The van der Waals surface area contributed by atoms with E-state index in [4.69, 9.17) is 21.4 Å². The monoisotopic (exact) mass is 375 g/mol. The molecule has 1 atom stereocenters. The molecule has 4 rings (SSSR count). The van der Waals surface area contributed by atoms with Crippen molar-refractivity contribution in [1.29, 1.82) is 0 Å². The summed E-state index contributed by atoms with van der Waals surface area (Å²) >= 11 is 1.67. The third kappa shape index (κ3) is 2.34. The Bertz CT molecular complexity index is 1070. The molecule has 3 aromatic rings. The van der Waals surface area contributed by atoms with Crippen LogP contribution < -0.4 is 16.0 Å². The molecular formula is C18H18ClN3S2. The second-order valence-corrected chi connectivity index (χ2v) is 8.90. The number of nitrogens with two attached hydrogens (primary N) is 1. The molecule has 1 aromatic heterocycles. The van der Waals surface area contributed by atoms with Crippen LogP contribution in [0.4, 0.5) is 17.1 Å². The van der Waals surface area contributed by atoms with Crippen molar-refractivity contribution >= 4 is 58.9 Å². The molecule has 0 radical (unpaired) electrons. The lowest BCUT2D eigenvalue weighted by molar-refractivity contribution is 0.864. The van der Waals surface area contributed by atoms with Gasteiger partial charge in [0.25, 0.3) is 0 Å². The highest BCUT2D eigenvalue weighted by atomic mass is 35.7. The number of anilines is 2. The molecular weight excluding hydrogens is 358 g/mol. The minimum absolute atomic E-state index is 0.543. The van der Waals surface area contributed by atoms with E-state index < -0.39 is 9.70 Å². The Balaban J connectivity index is 2.02. The standard InChI is InChI=1S/C18H18ClN3S2/c1-3-22(4-2)11-5-6-14-15(9-11)24(19)16-10-13(20)12-7-8-23-18(12)17(16)21-14/h5-10H,3-4,20H2,1-2H3. The number of thiophene rings is 1. The maximum atomic E-state index is 6.88. The van der Waals surface area contributed by atoms with Crippen LogP contribution in [0, 0.1) is 4.51 Å². The molecule has 0 saturated heterocycles. The topological polar surface area (TPSA) is 41.6 Å². The molecule has 0 saturated carbocycles. The van der Waals surface area contributed by atoms with Crippen molar-refractivity contribution in [1.82, 2.24) is 0 Å². The number of fused-ring (bicyclic) bond motifs is 4. The summed E-state index contributed by atoms with van der Waals surface area (Å²) in [4.78, 5) is 8.32. The van der Waals surface area contributed by atoms with Crippen molar-refractivity contribution in [2.75, 3.05) is 23.7 Å². The van der Waals surface area contributed by atoms with Gasteiger partial charge in [-0.1, -0.05) is 9.70 Å². The Morgan fingerprint density at radius 3 is 2.75 bits per heavy atom. The van der Waals surface area contributed by atoms with Crippen LogP contribution in [0.3, 0.4) is 0 Å². The van der Waals surface area contributed by atoms with Crippen LogP contribution in [-0.2, 0) is 0 Å². The Labute approximate surface area is 151 Å². The van der Waals surface area contributed by atoms with Crippen molar-refractivity contribution in [3.8, 4) is 0 Å². The normalized spacial score (nSPS) is 15.7. The Hall–Kier alpha value is -1.56. The molecule has 1 unspecified atom stereocenters. The molecule has 3 nitrogen and oxygen atoms in total. The predicted octanol–water partition coefficient (Wildman–Crippen LogP) is 5.33. The molecule has 0 fully saturated rings. The second kappa shape index (κ2) is 6.06. The van der Waals surface area contributed by atoms with Gasteiger partial charge in [-0.25, -0.2) is 4.99 Å². The highest BCUT2D eigenvalue weighted by Gasteiger charge is 2.16. The van der Waals surface area contributed by atoms with E-state index in [1.54, 1.807) is 11.3 Å². The van der Waals surface area contributed by atoms with Gasteiger partial charge in [-0.2, -0.15) is 0 Å². The SMILES string of the molecule is CCN(CC)c1ccc2c(c1)S(Cl)=c1cc(N)c3ccsc3c1=N2. The van der Waals surface area contributed by atoms with Crippen molar-refractivity contribution in [2.45, 2.75) is 18.7 Å². The van der Waals surface area contributed by atoms with Gasteiger partial charge in [0.1, 0.15) is 0 Å². The number of hydrogen-bond donors (Lipinski definition) is 1. The van der Waals surface area contributed by atoms with E-state index in [-0.39, 0.29) is 0 Å². The molecule has 24 heavy (non-hydrogen) atoms. The van der Waals surface area contributed by atoms with Crippen molar-refractivity contribution in [3.05, 3.63) is 45.6 Å². The number of halogens is 1. The maximum Gasteiger partial charge on any atom is 0.0959 e. The number of benzene rings is 2. The number of nitrogens with zero attached hydrogens (tertiary/aromatic N) is 2. The van der Waals surface area contributed by atoms with Gasteiger partial charge in [0.05, 0.1) is 15.7 Å². The molecule has 1 aliphatic rings. The van der Waals surface area contributed by atoms with Crippen molar-refractivity contribution in [3.63, 3.8) is 0 Å². The van der Waals surface area contributed by atoms with Gasteiger partial charge in [0.2, 0.25) is 0 Å². The zero-order chi connectivity index (χ0) is 16.8. The van der Waals surface area contributed by atoms with Gasteiger partial charge in [0, 0.05) is 39.3 Å². The number of hydrogen-bond acceptors (Lipinski definition) is 4. The summed E-state index contributed by atoms with van der Waals surface area (Å²) in [5.41, 5.74) is 9.17. The van der Waals surface area contributed by atoms with Gasteiger partial charge in [0.15, 0.2) is 0 Å². The lowest BCUT2D eigenvalue weighted by atomic mass is 10.2. The minimum atomic E-state index is -0.543. The van der Waals surface area contributed by atoms with Crippen LogP contribution in [0.25, 0.3) is 10.1 Å². The van der Waals surface area contributed by atoms with Crippen molar-refractivity contribution in [2.24, 2.45) is 4.99 Å². The predicted molar refractivity (Wildman–Crippen MR) is 108 cm³/mol. The third-order valence-electron chi connectivity index (χ3n) is 4.40. The van der Waals surface area contributed by atoms with E-state index >= 15 is 0 Å².